The molecule has 3 N–H and O–H groups in total. The van der Waals surface area contributed by atoms with Crippen molar-refractivity contribution in [3.63, 3.8) is 0 Å². The molecule has 0 saturated carbocycles. The lowest BCUT2D eigenvalue weighted by Crippen LogP contribution is -2.14. The van der Waals surface area contributed by atoms with Crippen LogP contribution >= 0.6 is 11.8 Å². The molecule has 1 heterocycles. The highest BCUT2D eigenvalue weighted by Gasteiger charge is 2.13. The number of phenols is 1. The molecule has 24 heavy (non-hydrogen) atoms. The van der Waals surface area contributed by atoms with E-state index in [2.05, 4.69) is 10.3 Å². The number of carbonyl (C=O) groups excluding carboxylic acids is 1. The Morgan fingerprint density at radius 2 is 2.08 bits per heavy atom. The van der Waals surface area contributed by atoms with Crippen LogP contribution in [0.25, 0.3) is 0 Å². The molecule has 0 fully saturated rings. The van der Waals surface area contributed by atoms with Crippen LogP contribution in [0.3, 0.4) is 0 Å². The van der Waals surface area contributed by atoms with E-state index in [0.717, 1.165) is 17.5 Å². The summed E-state index contributed by atoms with van der Waals surface area (Å²) in [6.45, 7) is 1.79. The molecule has 0 atom stereocenters. The maximum Gasteiger partial charge on any atom is 0.339 e. The van der Waals surface area contributed by atoms with E-state index in [0.29, 0.717) is 10.6 Å². The summed E-state index contributed by atoms with van der Waals surface area (Å²) in [7, 11) is 0. The number of rotatable bonds is 5. The van der Waals surface area contributed by atoms with Crippen LogP contribution in [0.1, 0.15) is 21.6 Å². The van der Waals surface area contributed by atoms with Crippen LogP contribution in [0, 0.1) is 18.3 Å². The average Bonchev–Trinajstić information content (AvgIpc) is 2.54. The van der Waals surface area contributed by atoms with E-state index in [1.165, 1.54) is 18.2 Å². The zero-order chi connectivity index (χ0) is 17.7. The van der Waals surface area contributed by atoms with Crippen molar-refractivity contribution < 1.29 is 19.8 Å². The molecule has 1 amide bonds. The third-order valence-electron chi connectivity index (χ3n) is 2.97. The smallest absolute Gasteiger partial charge is 0.339 e. The molecule has 2 rings (SSSR count). The molecule has 0 unspecified atom stereocenters. The largest absolute Gasteiger partial charge is 0.507 e. The highest BCUT2D eigenvalue weighted by molar-refractivity contribution is 8.00. The van der Waals surface area contributed by atoms with Gasteiger partial charge in [-0.15, -0.1) is 0 Å². The number of aromatic carboxylic acids is 1. The lowest BCUT2D eigenvalue weighted by molar-refractivity contribution is -0.113. The van der Waals surface area contributed by atoms with Crippen LogP contribution in [-0.4, -0.2) is 32.8 Å². The minimum absolute atomic E-state index is 0.00835. The van der Waals surface area contributed by atoms with Crippen LogP contribution in [0.15, 0.2) is 35.4 Å². The number of carboxylic acids is 1. The Hall–Kier alpha value is -3.05. The Balaban J connectivity index is 2.05. The SMILES string of the molecule is Cc1ccc(C#N)c(SCC(=O)Nc2ccc(O)c(C(=O)O)c2)n1. The lowest BCUT2D eigenvalue weighted by Gasteiger charge is -2.08. The van der Waals surface area contributed by atoms with Crippen molar-refractivity contribution >= 4 is 29.3 Å². The molecule has 0 saturated heterocycles. The fourth-order valence-electron chi connectivity index (χ4n) is 1.84. The number of amides is 1. The molecule has 2 aromatic rings. The Bertz CT molecular complexity index is 846. The summed E-state index contributed by atoms with van der Waals surface area (Å²) in [4.78, 5) is 27.2. The van der Waals surface area contributed by atoms with E-state index in [9.17, 15) is 14.7 Å². The number of hydrogen-bond donors (Lipinski definition) is 3. The Labute approximate surface area is 142 Å². The Kier molecular flexibility index (Phi) is 5.39. The summed E-state index contributed by atoms with van der Waals surface area (Å²) in [5, 5.41) is 30.4. The number of carbonyl (C=O) groups is 2. The predicted molar refractivity (Wildman–Crippen MR) is 88.1 cm³/mol. The molecular formula is C16H13N3O4S. The number of carboxylic acid groups (broad SMARTS) is 1. The maximum atomic E-state index is 12.0. The van der Waals surface area contributed by atoms with Gasteiger partial charge in [0.25, 0.3) is 0 Å². The van der Waals surface area contributed by atoms with Crippen molar-refractivity contribution in [1.29, 1.82) is 5.26 Å². The van der Waals surface area contributed by atoms with E-state index in [4.69, 9.17) is 10.4 Å². The number of nitrogens with zero attached hydrogens (tertiary/aromatic N) is 2. The number of hydrogen-bond acceptors (Lipinski definition) is 6. The number of aromatic nitrogens is 1. The number of thioether (sulfide) groups is 1. The number of aromatic hydroxyl groups is 1. The fourth-order valence-corrected chi connectivity index (χ4v) is 2.66. The van der Waals surface area contributed by atoms with Gasteiger partial charge in [-0.2, -0.15) is 5.26 Å². The minimum atomic E-state index is -1.29. The lowest BCUT2D eigenvalue weighted by atomic mass is 10.2. The zero-order valence-corrected chi connectivity index (χ0v) is 13.4. The number of pyridine rings is 1. The quantitative estimate of drug-likeness (QED) is 0.562. The second-order valence-electron chi connectivity index (χ2n) is 4.79. The Morgan fingerprint density at radius 1 is 1.33 bits per heavy atom. The maximum absolute atomic E-state index is 12.0. The van der Waals surface area contributed by atoms with Crippen molar-refractivity contribution in [2.75, 3.05) is 11.1 Å². The van der Waals surface area contributed by atoms with Gasteiger partial charge in [-0.3, -0.25) is 4.79 Å². The van der Waals surface area contributed by atoms with E-state index >= 15 is 0 Å². The third-order valence-corrected chi connectivity index (χ3v) is 3.96. The number of nitrogens with one attached hydrogen (secondary N) is 1. The average molecular weight is 343 g/mol. The van der Waals surface area contributed by atoms with Crippen molar-refractivity contribution in [1.82, 2.24) is 4.98 Å². The summed E-state index contributed by atoms with van der Waals surface area (Å²) in [5.41, 5.74) is 1.08. The van der Waals surface area contributed by atoms with Crippen LogP contribution in [0.4, 0.5) is 5.69 Å². The monoisotopic (exact) mass is 343 g/mol. The van der Waals surface area contributed by atoms with Gasteiger partial charge >= 0.3 is 5.97 Å². The summed E-state index contributed by atoms with van der Waals surface area (Å²) in [5.74, 6) is -2.04. The molecule has 8 heteroatoms. The standard InChI is InChI=1S/C16H13N3O4S/c1-9-2-3-10(7-17)15(18-9)24-8-14(21)19-11-4-5-13(20)12(6-11)16(22)23/h2-6,20H,8H2,1H3,(H,19,21)(H,22,23). The summed E-state index contributed by atoms with van der Waals surface area (Å²) in [6, 6.07) is 9.14. The van der Waals surface area contributed by atoms with Crippen LogP contribution in [-0.2, 0) is 4.79 Å². The molecule has 0 spiro atoms. The third kappa shape index (κ3) is 4.24. The van der Waals surface area contributed by atoms with Gasteiger partial charge in [0, 0.05) is 11.4 Å². The molecule has 0 aliphatic heterocycles. The molecule has 0 bridgehead atoms. The van der Waals surface area contributed by atoms with Crippen LogP contribution < -0.4 is 5.32 Å². The molecule has 0 radical (unpaired) electrons. The van der Waals surface area contributed by atoms with Gasteiger partial charge in [0.1, 0.15) is 22.4 Å². The van der Waals surface area contributed by atoms with Gasteiger partial charge in [0.05, 0.1) is 11.3 Å². The van der Waals surface area contributed by atoms with Crippen LogP contribution in [0.2, 0.25) is 0 Å². The number of benzene rings is 1. The summed E-state index contributed by atoms with van der Waals surface area (Å²) in [6.07, 6.45) is 0. The molecule has 0 aliphatic rings. The highest BCUT2D eigenvalue weighted by Crippen LogP contribution is 2.23. The first kappa shape index (κ1) is 17.3. The van der Waals surface area contributed by atoms with Crippen molar-refractivity contribution in [2.24, 2.45) is 0 Å². The number of anilines is 1. The fraction of sp³-hybridized carbons (Fsp3) is 0.125. The van der Waals surface area contributed by atoms with E-state index in [-0.39, 0.29) is 28.7 Å². The second-order valence-corrected chi connectivity index (χ2v) is 5.76. The normalized spacial score (nSPS) is 10.0. The molecule has 1 aromatic heterocycles. The first-order valence-electron chi connectivity index (χ1n) is 6.77. The molecule has 7 nitrogen and oxygen atoms in total. The van der Waals surface area contributed by atoms with E-state index in [1.807, 2.05) is 6.07 Å². The summed E-state index contributed by atoms with van der Waals surface area (Å²) >= 11 is 1.12. The summed E-state index contributed by atoms with van der Waals surface area (Å²) < 4.78 is 0. The molecule has 0 aliphatic carbocycles. The number of aryl methyl sites for hydroxylation is 1. The zero-order valence-electron chi connectivity index (χ0n) is 12.6. The Morgan fingerprint density at radius 3 is 2.75 bits per heavy atom. The molecular weight excluding hydrogens is 330 g/mol. The van der Waals surface area contributed by atoms with Gasteiger partial charge in [-0.1, -0.05) is 11.8 Å². The minimum Gasteiger partial charge on any atom is -0.507 e. The first-order valence-corrected chi connectivity index (χ1v) is 7.76. The second kappa shape index (κ2) is 7.48. The van der Waals surface area contributed by atoms with Gasteiger partial charge in [0.15, 0.2) is 0 Å². The van der Waals surface area contributed by atoms with Crippen molar-refractivity contribution in [3.8, 4) is 11.8 Å². The van der Waals surface area contributed by atoms with Crippen LogP contribution in [0.5, 0.6) is 5.75 Å². The van der Waals surface area contributed by atoms with E-state index < -0.39 is 5.97 Å². The number of nitriles is 1. The van der Waals surface area contributed by atoms with Crippen molar-refractivity contribution in [3.05, 3.63) is 47.2 Å². The van der Waals surface area contributed by atoms with Gasteiger partial charge in [-0.25, -0.2) is 9.78 Å². The highest BCUT2D eigenvalue weighted by atomic mass is 32.2. The molecule has 1 aromatic carbocycles. The van der Waals surface area contributed by atoms with Gasteiger partial charge < -0.3 is 15.5 Å². The topological polar surface area (TPSA) is 123 Å². The van der Waals surface area contributed by atoms with Gasteiger partial charge in [0.2, 0.25) is 5.91 Å². The predicted octanol–water partition coefficient (Wildman–Crippen LogP) is 2.40. The van der Waals surface area contributed by atoms with Crippen molar-refractivity contribution in [2.45, 2.75) is 11.9 Å². The van der Waals surface area contributed by atoms with E-state index in [1.54, 1.807) is 19.1 Å². The van der Waals surface area contributed by atoms with Gasteiger partial charge in [-0.05, 0) is 37.3 Å². The first-order chi connectivity index (χ1) is 11.4. The molecule has 122 valence electrons.